The second-order valence-corrected chi connectivity index (χ2v) is 10.2. The Kier molecular flexibility index (Phi) is 6.76. The summed E-state index contributed by atoms with van der Waals surface area (Å²) in [4.78, 5) is 23.8. The molecule has 0 atom stereocenters. The number of hydrogen-bond acceptors (Lipinski definition) is 8. The van der Waals surface area contributed by atoms with E-state index in [4.69, 9.17) is 14.2 Å². The van der Waals surface area contributed by atoms with Crippen LogP contribution in [-0.4, -0.2) is 54.8 Å². The standard InChI is InChI=1S/C25H23FN4O6S/c26-25(8-11-34-12-9-25)16-35-22-6-5-19(15-28-22)37(32,33)30-24(31)20-3-1-2-4-21(20)36-18-13-17-7-10-27-23(17)29-14-18/h1-7,10,13-15H,8-9,11-12,16H2,(H,27,29)(H,30,31). The van der Waals surface area contributed by atoms with Gasteiger partial charge in [0.15, 0.2) is 0 Å². The predicted molar refractivity (Wildman–Crippen MR) is 131 cm³/mol. The average Bonchev–Trinajstić information content (AvgIpc) is 3.36. The molecular formula is C25H23FN4O6S. The van der Waals surface area contributed by atoms with Crippen LogP contribution >= 0.6 is 0 Å². The molecule has 4 aromatic rings. The van der Waals surface area contributed by atoms with Gasteiger partial charge in [0.25, 0.3) is 15.9 Å². The molecule has 0 unspecified atom stereocenters. The van der Waals surface area contributed by atoms with Gasteiger partial charge in [-0.25, -0.2) is 27.5 Å². The Morgan fingerprint density at radius 2 is 1.92 bits per heavy atom. The number of alkyl halides is 1. The molecule has 1 aromatic carbocycles. The first-order chi connectivity index (χ1) is 17.8. The summed E-state index contributed by atoms with van der Waals surface area (Å²) in [5, 5.41) is 0.816. The molecule has 0 bridgehead atoms. The SMILES string of the molecule is O=C(NS(=O)(=O)c1ccc(OCC2(F)CCOCC2)nc1)c1ccccc1Oc1cnc2[nH]ccc2c1. The third kappa shape index (κ3) is 5.70. The van der Waals surface area contributed by atoms with Crippen molar-refractivity contribution in [3.05, 3.63) is 72.7 Å². The normalized spacial score (nSPS) is 15.3. The zero-order valence-electron chi connectivity index (χ0n) is 19.5. The summed E-state index contributed by atoms with van der Waals surface area (Å²) in [5.41, 5.74) is -0.822. The number of halogens is 1. The van der Waals surface area contributed by atoms with Crippen molar-refractivity contribution in [2.75, 3.05) is 19.8 Å². The number of sulfonamides is 1. The fourth-order valence-corrected chi connectivity index (χ4v) is 4.69. The molecule has 10 nitrogen and oxygen atoms in total. The molecule has 1 fully saturated rings. The first kappa shape index (κ1) is 24.7. The highest BCUT2D eigenvalue weighted by Gasteiger charge is 2.33. The number of fused-ring (bicyclic) bond motifs is 1. The van der Waals surface area contributed by atoms with Crippen LogP contribution in [0, 0.1) is 0 Å². The van der Waals surface area contributed by atoms with E-state index >= 15 is 0 Å². The van der Waals surface area contributed by atoms with Gasteiger partial charge < -0.3 is 19.2 Å². The molecule has 0 spiro atoms. The van der Waals surface area contributed by atoms with Gasteiger partial charge in [0.05, 0.1) is 18.0 Å². The van der Waals surface area contributed by atoms with E-state index in [0.717, 1.165) is 11.6 Å². The molecule has 0 radical (unpaired) electrons. The number of rotatable bonds is 8. The van der Waals surface area contributed by atoms with E-state index in [1.54, 1.807) is 30.5 Å². The van der Waals surface area contributed by atoms with Crippen molar-refractivity contribution >= 4 is 27.0 Å². The van der Waals surface area contributed by atoms with Crippen molar-refractivity contribution < 1.29 is 31.8 Å². The molecule has 0 aliphatic carbocycles. The lowest BCUT2D eigenvalue weighted by atomic mass is 9.98. The second kappa shape index (κ2) is 10.1. The van der Waals surface area contributed by atoms with Crippen LogP contribution in [0.15, 0.2) is 72.0 Å². The minimum Gasteiger partial charge on any atom is -0.474 e. The van der Waals surface area contributed by atoms with Crippen LogP contribution in [-0.2, 0) is 14.8 Å². The molecule has 1 saturated heterocycles. The number of benzene rings is 1. The van der Waals surface area contributed by atoms with Gasteiger partial charge in [-0.15, -0.1) is 0 Å². The van der Waals surface area contributed by atoms with E-state index in [1.807, 2.05) is 10.8 Å². The van der Waals surface area contributed by atoms with Crippen molar-refractivity contribution in [1.29, 1.82) is 0 Å². The Labute approximate surface area is 211 Å². The Morgan fingerprint density at radius 3 is 2.70 bits per heavy atom. The van der Waals surface area contributed by atoms with Gasteiger partial charge in [0, 0.05) is 43.7 Å². The van der Waals surface area contributed by atoms with E-state index in [-0.39, 0.29) is 41.5 Å². The predicted octanol–water partition coefficient (Wildman–Crippen LogP) is 3.77. The van der Waals surface area contributed by atoms with Crippen LogP contribution in [0.4, 0.5) is 4.39 Å². The van der Waals surface area contributed by atoms with Gasteiger partial charge in [-0.2, -0.15) is 0 Å². The summed E-state index contributed by atoms with van der Waals surface area (Å²) in [6.45, 7) is 0.421. The van der Waals surface area contributed by atoms with Gasteiger partial charge in [-0.1, -0.05) is 12.1 Å². The highest BCUT2D eigenvalue weighted by atomic mass is 32.2. The Bertz CT molecular complexity index is 1520. The number of amides is 1. The van der Waals surface area contributed by atoms with Crippen LogP contribution in [0.25, 0.3) is 11.0 Å². The van der Waals surface area contributed by atoms with Gasteiger partial charge in [0.2, 0.25) is 5.88 Å². The largest absolute Gasteiger partial charge is 0.474 e. The lowest BCUT2D eigenvalue weighted by Gasteiger charge is -2.28. The molecular weight excluding hydrogens is 503 g/mol. The minimum absolute atomic E-state index is 0.0119. The summed E-state index contributed by atoms with van der Waals surface area (Å²) in [5.74, 6) is -0.279. The molecule has 192 valence electrons. The number of hydrogen-bond donors (Lipinski definition) is 2. The number of H-pyrrole nitrogens is 1. The number of carbonyl (C=O) groups is 1. The van der Waals surface area contributed by atoms with Gasteiger partial charge in [-0.3, -0.25) is 4.79 Å². The number of nitrogens with zero attached hydrogens (tertiary/aromatic N) is 2. The van der Waals surface area contributed by atoms with Gasteiger partial charge in [-0.05, 0) is 30.3 Å². The lowest BCUT2D eigenvalue weighted by Crippen LogP contribution is -2.37. The maximum Gasteiger partial charge on any atom is 0.268 e. The smallest absolute Gasteiger partial charge is 0.268 e. The maximum absolute atomic E-state index is 14.7. The van der Waals surface area contributed by atoms with E-state index in [1.165, 1.54) is 24.4 Å². The molecule has 1 aliphatic rings. The van der Waals surface area contributed by atoms with Crippen LogP contribution in [0.1, 0.15) is 23.2 Å². The molecule has 5 rings (SSSR count). The summed E-state index contributed by atoms with van der Waals surface area (Å²) < 4.78 is 58.8. The van der Waals surface area contributed by atoms with E-state index < -0.39 is 21.6 Å². The third-order valence-corrected chi connectivity index (χ3v) is 7.16. The molecule has 37 heavy (non-hydrogen) atoms. The third-order valence-electron chi connectivity index (χ3n) is 5.85. The van der Waals surface area contributed by atoms with Crippen molar-refractivity contribution in [3.63, 3.8) is 0 Å². The van der Waals surface area contributed by atoms with Crippen molar-refractivity contribution in [1.82, 2.24) is 19.7 Å². The first-order valence-electron chi connectivity index (χ1n) is 11.4. The molecule has 2 N–H and O–H groups in total. The number of carbonyl (C=O) groups excluding carboxylic acids is 1. The average molecular weight is 527 g/mol. The zero-order valence-corrected chi connectivity index (χ0v) is 20.3. The summed E-state index contributed by atoms with van der Waals surface area (Å²) in [6, 6.07) is 12.3. The quantitative estimate of drug-likeness (QED) is 0.355. The van der Waals surface area contributed by atoms with E-state index in [2.05, 4.69) is 15.0 Å². The summed E-state index contributed by atoms with van der Waals surface area (Å²) >= 11 is 0. The Morgan fingerprint density at radius 1 is 1.11 bits per heavy atom. The fraction of sp³-hybridized carbons (Fsp3) is 0.240. The molecule has 4 heterocycles. The van der Waals surface area contributed by atoms with Crippen molar-refractivity contribution in [3.8, 4) is 17.4 Å². The number of para-hydroxylation sites is 1. The maximum atomic E-state index is 14.7. The Hall–Kier alpha value is -4.03. The number of ether oxygens (including phenoxy) is 3. The fourth-order valence-electron chi connectivity index (χ4n) is 3.78. The number of aromatic amines is 1. The molecule has 1 amide bonds. The number of aromatic nitrogens is 3. The topological polar surface area (TPSA) is 132 Å². The minimum atomic E-state index is -4.26. The van der Waals surface area contributed by atoms with E-state index in [0.29, 0.717) is 24.6 Å². The monoisotopic (exact) mass is 526 g/mol. The molecule has 1 aliphatic heterocycles. The van der Waals surface area contributed by atoms with Crippen molar-refractivity contribution in [2.24, 2.45) is 0 Å². The van der Waals surface area contributed by atoms with Gasteiger partial charge in [0.1, 0.15) is 34.3 Å². The highest BCUT2D eigenvalue weighted by molar-refractivity contribution is 7.90. The molecule has 3 aromatic heterocycles. The second-order valence-electron chi connectivity index (χ2n) is 8.50. The highest BCUT2D eigenvalue weighted by Crippen LogP contribution is 2.28. The van der Waals surface area contributed by atoms with Crippen LogP contribution in [0.2, 0.25) is 0 Å². The molecule has 12 heteroatoms. The van der Waals surface area contributed by atoms with Crippen LogP contribution in [0.5, 0.6) is 17.4 Å². The van der Waals surface area contributed by atoms with E-state index in [9.17, 15) is 17.6 Å². The van der Waals surface area contributed by atoms with Crippen LogP contribution < -0.4 is 14.2 Å². The summed E-state index contributed by atoms with van der Waals surface area (Å²) in [6.07, 6.45) is 4.71. The number of nitrogens with one attached hydrogen (secondary N) is 2. The Balaban J connectivity index is 1.26. The number of pyridine rings is 2. The lowest BCUT2D eigenvalue weighted by molar-refractivity contribution is -0.0331. The first-order valence-corrected chi connectivity index (χ1v) is 12.9. The molecule has 0 saturated carbocycles. The summed E-state index contributed by atoms with van der Waals surface area (Å²) in [7, 11) is -4.26. The van der Waals surface area contributed by atoms with Gasteiger partial charge >= 0.3 is 0 Å². The van der Waals surface area contributed by atoms with Crippen molar-refractivity contribution in [2.45, 2.75) is 23.4 Å². The van der Waals surface area contributed by atoms with Crippen LogP contribution in [0.3, 0.4) is 0 Å². The zero-order chi connectivity index (χ0) is 25.9.